The molecule has 0 bridgehead atoms. The number of hydrogen-bond acceptors (Lipinski definition) is 5. The predicted octanol–water partition coefficient (Wildman–Crippen LogP) is 3.44. The summed E-state index contributed by atoms with van der Waals surface area (Å²) in [6, 6.07) is 6.58. The average Bonchev–Trinajstić information content (AvgIpc) is 2.55. The summed E-state index contributed by atoms with van der Waals surface area (Å²) in [4.78, 5) is 0. The molecule has 5 nitrogen and oxygen atoms in total. The van der Waals surface area contributed by atoms with Crippen LogP contribution in [0, 0.1) is 11.6 Å². The van der Waals surface area contributed by atoms with Crippen molar-refractivity contribution in [2.75, 3.05) is 26.8 Å². The summed E-state index contributed by atoms with van der Waals surface area (Å²) in [6.07, 6.45) is 1.43. The van der Waals surface area contributed by atoms with Crippen LogP contribution in [0.2, 0.25) is 0 Å². The number of methoxy groups -OCH3 is 3. The number of ether oxygens (including phenoxy) is 3. The van der Waals surface area contributed by atoms with Gasteiger partial charge in [-0.25, -0.2) is 8.78 Å². The molecule has 0 aliphatic rings. The molecule has 0 amide bonds. The largest absolute Gasteiger partial charge is 0.493 e. The first-order valence-corrected chi connectivity index (χ1v) is 6.63. The second kappa shape index (κ2) is 7.44. The molecule has 0 saturated heterocycles. The van der Waals surface area contributed by atoms with Crippen molar-refractivity contribution in [1.29, 1.82) is 0 Å². The standard InChI is InChI=1S/C16H16F2N2O3/c1-21-14-7-4-10(15(22-2)16(14)23-3)9-19-20-13-6-5-11(17)8-12(13)18/h4-9,20H,1-3H3/b19-9-. The first-order chi connectivity index (χ1) is 11.1. The smallest absolute Gasteiger partial charge is 0.203 e. The van der Waals surface area contributed by atoms with Crippen molar-refractivity contribution in [2.24, 2.45) is 5.10 Å². The molecule has 1 N–H and O–H groups in total. The normalized spacial score (nSPS) is 10.7. The fourth-order valence-electron chi connectivity index (χ4n) is 1.98. The van der Waals surface area contributed by atoms with Crippen molar-refractivity contribution in [3.05, 3.63) is 47.5 Å². The van der Waals surface area contributed by atoms with E-state index in [0.29, 0.717) is 22.8 Å². The Bertz CT molecular complexity index is 721. The maximum Gasteiger partial charge on any atom is 0.203 e. The molecule has 0 heterocycles. The van der Waals surface area contributed by atoms with Crippen LogP contribution in [0.25, 0.3) is 0 Å². The van der Waals surface area contributed by atoms with E-state index < -0.39 is 11.6 Å². The highest BCUT2D eigenvalue weighted by Gasteiger charge is 2.14. The average molecular weight is 322 g/mol. The highest BCUT2D eigenvalue weighted by molar-refractivity contribution is 5.86. The van der Waals surface area contributed by atoms with Gasteiger partial charge in [0.05, 0.1) is 33.2 Å². The number of hydrogen-bond donors (Lipinski definition) is 1. The zero-order valence-electron chi connectivity index (χ0n) is 12.9. The monoisotopic (exact) mass is 322 g/mol. The summed E-state index contributed by atoms with van der Waals surface area (Å²) in [5.74, 6) is -0.0251. The Balaban J connectivity index is 2.25. The lowest BCUT2D eigenvalue weighted by Crippen LogP contribution is -2.00. The zero-order chi connectivity index (χ0) is 16.8. The Kier molecular flexibility index (Phi) is 5.35. The van der Waals surface area contributed by atoms with E-state index in [9.17, 15) is 8.78 Å². The maximum absolute atomic E-state index is 13.5. The van der Waals surface area contributed by atoms with Gasteiger partial charge in [0, 0.05) is 11.6 Å². The summed E-state index contributed by atoms with van der Waals surface area (Å²) < 4.78 is 42.1. The van der Waals surface area contributed by atoms with Gasteiger partial charge >= 0.3 is 0 Å². The Labute approximate surface area is 132 Å². The van der Waals surface area contributed by atoms with E-state index in [1.165, 1.54) is 33.6 Å². The number of hydrazone groups is 1. The van der Waals surface area contributed by atoms with Gasteiger partial charge in [-0.05, 0) is 24.3 Å². The second-order valence-electron chi connectivity index (χ2n) is 4.42. The molecule has 0 aliphatic carbocycles. The van der Waals surface area contributed by atoms with Crippen molar-refractivity contribution in [3.63, 3.8) is 0 Å². The van der Waals surface area contributed by atoms with Crippen molar-refractivity contribution in [3.8, 4) is 17.2 Å². The molecule has 23 heavy (non-hydrogen) atoms. The van der Waals surface area contributed by atoms with Gasteiger partial charge in [0.25, 0.3) is 0 Å². The van der Waals surface area contributed by atoms with Gasteiger partial charge in [0.1, 0.15) is 5.82 Å². The van der Waals surface area contributed by atoms with Gasteiger partial charge in [0.15, 0.2) is 17.3 Å². The Hall–Kier alpha value is -2.83. The molecule has 2 rings (SSSR count). The number of nitrogens with zero attached hydrogens (tertiary/aromatic N) is 1. The molecule has 0 spiro atoms. The zero-order valence-corrected chi connectivity index (χ0v) is 12.9. The fraction of sp³-hybridized carbons (Fsp3) is 0.188. The molecule has 0 fully saturated rings. The first kappa shape index (κ1) is 16.5. The minimum absolute atomic E-state index is 0.0575. The molecule has 7 heteroatoms. The Morgan fingerprint density at radius 1 is 0.957 bits per heavy atom. The van der Waals surface area contributed by atoms with Crippen LogP contribution in [0.4, 0.5) is 14.5 Å². The van der Waals surface area contributed by atoms with Crippen LogP contribution < -0.4 is 19.6 Å². The topological polar surface area (TPSA) is 52.1 Å². The molecule has 0 radical (unpaired) electrons. The van der Waals surface area contributed by atoms with E-state index in [1.54, 1.807) is 12.1 Å². The fourth-order valence-corrected chi connectivity index (χ4v) is 1.98. The van der Waals surface area contributed by atoms with E-state index in [0.717, 1.165) is 12.1 Å². The van der Waals surface area contributed by atoms with Crippen LogP contribution in [0.1, 0.15) is 5.56 Å². The molecular weight excluding hydrogens is 306 g/mol. The Morgan fingerprint density at radius 2 is 1.70 bits per heavy atom. The minimum atomic E-state index is -0.735. The third kappa shape index (κ3) is 3.68. The lowest BCUT2D eigenvalue weighted by atomic mass is 10.2. The van der Waals surface area contributed by atoms with Crippen LogP contribution in [-0.2, 0) is 0 Å². The van der Waals surface area contributed by atoms with Crippen molar-refractivity contribution in [2.45, 2.75) is 0 Å². The highest BCUT2D eigenvalue weighted by atomic mass is 19.1. The number of rotatable bonds is 6. The summed E-state index contributed by atoms with van der Waals surface area (Å²) in [5, 5.41) is 3.93. The summed E-state index contributed by atoms with van der Waals surface area (Å²) in [7, 11) is 4.50. The number of anilines is 1. The van der Waals surface area contributed by atoms with Crippen molar-refractivity contribution in [1.82, 2.24) is 0 Å². The van der Waals surface area contributed by atoms with Crippen LogP contribution in [-0.4, -0.2) is 27.5 Å². The quantitative estimate of drug-likeness (QED) is 0.654. The number of halogens is 2. The maximum atomic E-state index is 13.5. The molecule has 0 atom stereocenters. The van der Waals surface area contributed by atoms with Gasteiger partial charge in [-0.3, -0.25) is 5.43 Å². The Morgan fingerprint density at radius 3 is 2.30 bits per heavy atom. The van der Waals surface area contributed by atoms with Gasteiger partial charge < -0.3 is 14.2 Å². The second-order valence-corrected chi connectivity index (χ2v) is 4.42. The lowest BCUT2D eigenvalue weighted by Gasteiger charge is -2.13. The molecule has 0 aromatic heterocycles. The van der Waals surface area contributed by atoms with Gasteiger partial charge in [0.2, 0.25) is 5.75 Å². The van der Waals surface area contributed by atoms with E-state index >= 15 is 0 Å². The summed E-state index contributed by atoms with van der Waals surface area (Å²) >= 11 is 0. The van der Waals surface area contributed by atoms with Crippen molar-refractivity contribution >= 4 is 11.9 Å². The molecule has 122 valence electrons. The molecule has 2 aromatic rings. The van der Waals surface area contributed by atoms with Crippen molar-refractivity contribution < 1.29 is 23.0 Å². The van der Waals surface area contributed by atoms with Crippen LogP contribution in [0.15, 0.2) is 35.4 Å². The number of nitrogens with one attached hydrogen (secondary N) is 1. The predicted molar refractivity (Wildman–Crippen MR) is 83.7 cm³/mol. The molecule has 2 aromatic carbocycles. The van der Waals surface area contributed by atoms with E-state index in [1.807, 2.05) is 0 Å². The van der Waals surface area contributed by atoms with Crippen LogP contribution >= 0.6 is 0 Å². The third-order valence-electron chi connectivity index (χ3n) is 3.05. The molecule has 0 unspecified atom stereocenters. The molecule has 0 aliphatic heterocycles. The summed E-state index contributed by atoms with van der Waals surface area (Å²) in [5.41, 5.74) is 3.16. The van der Waals surface area contributed by atoms with Gasteiger partial charge in [-0.1, -0.05) is 0 Å². The molecule has 0 saturated carbocycles. The SMILES string of the molecule is COc1ccc(/C=N\Nc2ccc(F)cc2F)c(OC)c1OC. The minimum Gasteiger partial charge on any atom is -0.493 e. The summed E-state index contributed by atoms with van der Waals surface area (Å²) in [6.45, 7) is 0. The lowest BCUT2D eigenvalue weighted by molar-refractivity contribution is 0.324. The van der Waals surface area contributed by atoms with Crippen LogP contribution in [0.3, 0.4) is 0 Å². The molecular formula is C16H16F2N2O3. The van der Waals surface area contributed by atoms with Crippen LogP contribution in [0.5, 0.6) is 17.2 Å². The number of benzene rings is 2. The van der Waals surface area contributed by atoms with Gasteiger partial charge in [-0.15, -0.1) is 0 Å². The van der Waals surface area contributed by atoms with E-state index in [4.69, 9.17) is 14.2 Å². The van der Waals surface area contributed by atoms with Gasteiger partial charge in [-0.2, -0.15) is 5.10 Å². The van der Waals surface area contributed by atoms with E-state index in [2.05, 4.69) is 10.5 Å². The highest BCUT2D eigenvalue weighted by Crippen LogP contribution is 2.38. The first-order valence-electron chi connectivity index (χ1n) is 6.63. The third-order valence-corrected chi connectivity index (χ3v) is 3.05. The van der Waals surface area contributed by atoms with E-state index in [-0.39, 0.29) is 5.69 Å².